The third kappa shape index (κ3) is 2.32. The van der Waals surface area contributed by atoms with E-state index in [1.165, 1.54) is 33.7 Å². The normalized spacial score (nSPS) is 16.0. The smallest absolute Gasteiger partial charge is 0.215 e. The summed E-state index contributed by atoms with van der Waals surface area (Å²) in [6, 6.07) is 17.3. The van der Waals surface area contributed by atoms with Gasteiger partial charge in [0.15, 0.2) is 0 Å². The second-order valence-electron chi connectivity index (χ2n) is 8.85. The number of nitrogens with zero attached hydrogens (tertiary/aromatic N) is 5. The summed E-state index contributed by atoms with van der Waals surface area (Å²) >= 11 is 0. The first-order chi connectivity index (χ1) is 15.4. The van der Waals surface area contributed by atoms with Crippen molar-refractivity contribution in [3.63, 3.8) is 0 Å². The highest BCUT2D eigenvalue weighted by molar-refractivity contribution is 5.98. The van der Waals surface area contributed by atoms with Crippen molar-refractivity contribution < 1.29 is 4.74 Å². The molecule has 3 heterocycles. The summed E-state index contributed by atoms with van der Waals surface area (Å²) in [5, 5.41) is 0. The fraction of sp³-hybridized carbons (Fsp3) is 0.269. The predicted molar refractivity (Wildman–Crippen MR) is 132 cm³/mol. The number of ether oxygens (including phenoxy) is 1. The quantitative estimate of drug-likeness (QED) is 0.372. The van der Waals surface area contributed by atoms with Gasteiger partial charge in [-0.1, -0.05) is 12.1 Å². The van der Waals surface area contributed by atoms with E-state index in [0.29, 0.717) is 0 Å². The van der Waals surface area contributed by atoms with Crippen molar-refractivity contribution in [2.45, 2.75) is 26.9 Å². The van der Waals surface area contributed by atoms with Crippen molar-refractivity contribution in [3.8, 4) is 5.75 Å². The second kappa shape index (κ2) is 6.42. The molecule has 162 valence electrons. The summed E-state index contributed by atoms with van der Waals surface area (Å²) < 4.78 is 10.1. The number of anilines is 3. The molecule has 1 aliphatic heterocycles. The molecule has 0 fully saturated rings. The number of para-hydroxylation sites is 2. The van der Waals surface area contributed by atoms with Crippen LogP contribution in [0.15, 0.2) is 48.5 Å². The lowest BCUT2D eigenvalue weighted by atomic mass is 10.1. The fourth-order valence-corrected chi connectivity index (χ4v) is 5.25. The lowest BCUT2D eigenvalue weighted by Crippen LogP contribution is -2.36. The first kappa shape index (κ1) is 19.0. The highest BCUT2D eigenvalue weighted by Crippen LogP contribution is 2.47. The zero-order valence-electron chi connectivity index (χ0n) is 19.3. The van der Waals surface area contributed by atoms with E-state index in [9.17, 15) is 0 Å². The van der Waals surface area contributed by atoms with Crippen LogP contribution in [0.1, 0.15) is 18.1 Å². The van der Waals surface area contributed by atoms with Crippen molar-refractivity contribution in [3.05, 3.63) is 59.7 Å². The monoisotopic (exact) mass is 425 g/mol. The van der Waals surface area contributed by atoms with E-state index in [0.717, 1.165) is 28.1 Å². The van der Waals surface area contributed by atoms with Gasteiger partial charge in [0.1, 0.15) is 11.9 Å². The molecule has 6 heteroatoms. The van der Waals surface area contributed by atoms with E-state index < -0.39 is 0 Å². The summed E-state index contributed by atoms with van der Waals surface area (Å²) in [6.07, 6.45) is 0.176. The molecule has 0 spiro atoms. The van der Waals surface area contributed by atoms with Crippen molar-refractivity contribution in [2.24, 2.45) is 7.05 Å². The molecule has 0 radical (unpaired) electrons. The molecule has 6 rings (SSSR count). The van der Waals surface area contributed by atoms with E-state index in [1.54, 1.807) is 7.11 Å². The summed E-state index contributed by atoms with van der Waals surface area (Å²) in [4.78, 5) is 9.78. The van der Waals surface area contributed by atoms with Crippen molar-refractivity contribution in [1.82, 2.24) is 14.0 Å². The third-order valence-corrected chi connectivity index (χ3v) is 7.05. The minimum absolute atomic E-state index is 0.176. The van der Waals surface area contributed by atoms with Crippen LogP contribution < -0.4 is 14.5 Å². The van der Waals surface area contributed by atoms with Gasteiger partial charge in [0.2, 0.25) is 5.78 Å². The van der Waals surface area contributed by atoms with Gasteiger partial charge in [0, 0.05) is 25.3 Å². The van der Waals surface area contributed by atoms with E-state index in [1.807, 2.05) is 0 Å². The summed E-state index contributed by atoms with van der Waals surface area (Å²) in [5.74, 6) is 1.88. The van der Waals surface area contributed by atoms with Gasteiger partial charge in [0.05, 0.1) is 40.6 Å². The molecule has 0 aliphatic carbocycles. The molecule has 6 nitrogen and oxygen atoms in total. The zero-order valence-corrected chi connectivity index (χ0v) is 19.3. The molecule has 32 heavy (non-hydrogen) atoms. The Morgan fingerprint density at radius 3 is 2.38 bits per heavy atom. The van der Waals surface area contributed by atoms with Crippen LogP contribution in [0.5, 0.6) is 5.75 Å². The van der Waals surface area contributed by atoms with Crippen LogP contribution in [-0.4, -0.2) is 34.3 Å². The Bertz CT molecular complexity index is 1540. The van der Waals surface area contributed by atoms with Crippen LogP contribution >= 0.6 is 0 Å². The van der Waals surface area contributed by atoms with Crippen molar-refractivity contribution in [1.29, 1.82) is 0 Å². The molecule has 0 saturated carbocycles. The lowest BCUT2D eigenvalue weighted by Gasteiger charge is -2.29. The van der Waals surface area contributed by atoms with Crippen LogP contribution in [0.25, 0.3) is 27.8 Å². The molecule has 0 bridgehead atoms. The first-order valence-corrected chi connectivity index (χ1v) is 11.0. The average Bonchev–Trinajstić information content (AvgIpc) is 3.37. The SMILES string of the molecule is COc1cc(C)cc(N2c3cc4nc5n(C)c6ccccc6n5c4cc3N(C)[C@@H]2C)c1C. The first-order valence-electron chi connectivity index (χ1n) is 11.0. The Morgan fingerprint density at radius 1 is 0.875 bits per heavy atom. The van der Waals surface area contributed by atoms with Crippen LogP contribution in [0, 0.1) is 13.8 Å². The zero-order chi connectivity index (χ0) is 22.3. The molecular formula is C26H27N5O. The number of rotatable bonds is 2. The van der Waals surface area contributed by atoms with Gasteiger partial charge < -0.3 is 19.1 Å². The van der Waals surface area contributed by atoms with E-state index in [2.05, 4.69) is 102 Å². The van der Waals surface area contributed by atoms with E-state index >= 15 is 0 Å². The van der Waals surface area contributed by atoms with E-state index in [-0.39, 0.29) is 6.17 Å². The molecule has 0 N–H and O–H groups in total. The molecule has 0 saturated heterocycles. The predicted octanol–water partition coefficient (Wildman–Crippen LogP) is 5.54. The number of hydrogen-bond acceptors (Lipinski definition) is 4. The molecule has 2 aromatic heterocycles. The Hall–Kier alpha value is -3.67. The van der Waals surface area contributed by atoms with Gasteiger partial charge in [-0.25, -0.2) is 4.98 Å². The van der Waals surface area contributed by atoms with Crippen molar-refractivity contribution >= 4 is 44.9 Å². The Kier molecular flexibility index (Phi) is 3.82. The van der Waals surface area contributed by atoms with Crippen LogP contribution in [-0.2, 0) is 7.05 Å². The largest absolute Gasteiger partial charge is 0.496 e. The molecule has 1 atom stereocenters. The second-order valence-corrected chi connectivity index (χ2v) is 8.85. The van der Waals surface area contributed by atoms with Gasteiger partial charge >= 0.3 is 0 Å². The van der Waals surface area contributed by atoms with Gasteiger partial charge in [-0.2, -0.15) is 0 Å². The van der Waals surface area contributed by atoms with Gasteiger partial charge in [-0.05, 0) is 62.7 Å². The molecule has 1 aliphatic rings. The topological polar surface area (TPSA) is 37.9 Å². The number of benzene rings is 3. The number of aryl methyl sites for hydroxylation is 2. The van der Waals surface area contributed by atoms with Crippen molar-refractivity contribution in [2.75, 3.05) is 24.0 Å². The highest BCUT2D eigenvalue weighted by atomic mass is 16.5. The Morgan fingerprint density at radius 2 is 1.62 bits per heavy atom. The van der Waals surface area contributed by atoms with Gasteiger partial charge in [-0.3, -0.25) is 4.40 Å². The average molecular weight is 426 g/mol. The minimum Gasteiger partial charge on any atom is -0.496 e. The molecule has 0 amide bonds. The summed E-state index contributed by atoms with van der Waals surface area (Å²) in [7, 11) is 5.99. The number of imidazole rings is 2. The van der Waals surface area contributed by atoms with Crippen LogP contribution in [0.2, 0.25) is 0 Å². The standard InChI is InChI=1S/C26H27N5O/c1-15-11-21(16(2)25(12-15)32-6)30-17(3)28(4)23-14-22-18(13-24(23)30)27-26-29(5)19-9-7-8-10-20(19)31(22)26/h7-14,17H,1-6H3/t17-/m0/s1. The molecular weight excluding hydrogens is 398 g/mol. The Labute approximate surface area is 187 Å². The maximum Gasteiger partial charge on any atom is 0.215 e. The molecule has 0 unspecified atom stereocenters. The van der Waals surface area contributed by atoms with E-state index in [4.69, 9.17) is 9.72 Å². The third-order valence-electron chi connectivity index (χ3n) is 7.05. The van der Waals surface area contributed by atoms with Crippen LogP contribution in [0.3, 0.4) is 0 Å². The summed E-state index contributed by atoms with van der Waals surface area (Å²) in [5.41, 5.74) is 10.4. The van der Waals surface area contributed by atoms with Gasteiger partial charge in [-0.15, -0.1) is 0 Å². The number of methoxy groups -OCH3 is 1. The van der Waals surface area contributed by atoms with Crippen LogP contribution in [0.4, 0.5) is 17.1 Å². The summed E-state index contributed by atoms with van der Waals surface area (Å²) in [6.45, 7) is 6.49. The highest BCUT2D eigenvalue weighted by Gasteiger charge is 2.34. The maximum absolute atomic E-state index is 5.67. The minimum atomic E-state index is 0.176. The molecule has 3 aromatic carbocycles. The fourth-order valence-electron chi connectivity index (χ4n) is 5.25. The maximum atomic E-state index is 5.67. The Balaban J connectivity index is 1.64. The van der Waals surface area contributed by atoms with Gasteiger partial charge in [0.25, 0.3) is 0 Å². The molecule has 5 aromatic rings. The number of aromatic nitrogens is 3. The number of hydrogen-bond donors (Lipinski definition) is 0. The lowest BCUT2D eigenvalue weighted by molar-refractivity contribution is 0.411. The number of fused-ring (bicyclic) bond motifs is 6.